The molecule has 31 heavy (non-hydrogen) atoms. The van der Waals surface area contributed by atoms with Gasteiger partial charge in [0.1, 0.15) is 11.4 Å². The lowest BCUT2D eigenvalue weighted by molar-refractivity contribution is 0.0745. The molecule has 0 spiro atoms. The molecule has 0 unspecified atom stereocenters. The van der Waals surface area contributed by atoms with Crippen LogP contribution in [0.15, 0.2) is 48.9 Å². The van der Waals surface area contributed by atoms with Crippen molar-refractivity contribution in [1.29, 1.82) is 0 Å². The first-order chi connectivity index (χ1) is 15.0. The second-order valence-electron chi connectivity index (χ2n) is 7.91. The van der Waals surface area contributed by atoms with Gasteiger partial charge in [0.15, 0.2) is 0 Å². The number of ether oxygens (including phenoxy) is 1. The summed E-state index contributed by atoms with van der Waals surface area (Å²) < 4.78 is 10.9. The Morgan fingerprint density at radius 1 is 1.06 bits per heavy atom. The van der Waals surface area contributed by atoms with Crippen LogP contribution in [0.2, 0.25) is 0 Å². The highest BCUT2D eigenvalue weighted by Crippen LogP contribution is 2.32. The number of methoxy groups -OCH3 is 1. The number of carbonyl (C=O) groups excluding carboxylic acids is 1. The van der Waals surface area contributed by atoms with E-state index in [4.69, 9.17) is 9.84 Å². The van der Waals surface area contributed by atoms with Crippen LogP contribution in [-0.4, -0.2) is 42.0 Å². The van der Waals surface area contributed by atoms with Crippen LogP contribution in [0.25, 0.3) is 11.5 Å². The van der Waals surface area contributed by atoms with Gasteiger partial charge in [-0.2, -0.15) is 5.10 Å². The number of hydrogen-bond acceptors (Lipinski definition) is 4. The third kappa shape index (κ3) is 3.11. The molecule has 0 N–H and O–H groups in total. The first kappa shape index (κ1) is 19.2. The summed E-state index contributed by atoms with van der Waals surface area (Å²) in [5.41, 5.74) is 5.87. The molecule has 0 fully saturated rings. The standard InChI is InChI=1S/C23H24N6O2/c1-15-7-8-17(11-16(15)2)29-22(27-9-5-6-10-27)18-13-28(14-20(18)24-29)23(30)19-12-26(3)25-21(19)31-4/h5-12H,13-14H2,1-4H3. The van der Waals surface area contributed by atoms with Crippen molar-refractivity contribution in [2.45, 2.75) is 26.9 Å². The van der Waals surface area contributed by atoms with Gasteiger partial charge in [-0.05, 0) is 49.2 Å². The molecule has 1 aromatic carbocycles. The lowest BCUT2D eigenvalue weighted by Crippen LogP contribution is -2.26. The fourth-order valence-electron chi connectivity index (χ4n) is 4.06. The molecule has 1 amide bonds. The van der Waals surface area contributed by atoms with Crippen LogP contribution in [0, 0.1) is 13.8 Å². The van der Waals surface area contributed by atoms with Crippen molar-refractivity contribution in [2.24, 2.45) is 7.05 Å². The van der Waals surface area contributed by atoms with Crippen molar-refractivity contribution in [3.05, 3.63) is 76.9 Å². The van der Waals surface area contributed by atoms with Crippen LogP contribution < -0.4 is 4.74 Å². The molecule has 158 valence electrons. The number of aryl methyl sites for hydroxylation is 3. The number of hydrogen-bond donors (Lipinski definition) is 0. The maximum atomic E-state index is 13.2. The zero-order valence-electron chi connectivity index (χ0n) is 18.0. The van der Waals surface area contributed by atoms with Gasteiger partial charge < -0.3 is 14.2 Å². The van der Waals surface area contributed by atoms with Gasteiger partial charge in [-0.1, -0.05) is 6.07 Å². The van der Waals surface area contributed by atoms with Gasteiger partial charge in [0.05, 0.1) is 31.6 Å². The minimum absolute atomic E-state index is 0.112. The van der Waals surface area contributed by atoms with Crippen molar-refractivity contribution in [3.63, 3.8) is 0 Å². The normalized spacial score (nSPS) is 13.0. The molecule has 1 aliphatic heterocycles. The molecule has 0 aliphatic carbocycles. The number of fused-ring (bicyclic) bond motifs is 1. The molecule has 4 aromatic rings. The fraction of sp³-hybridized carbons (Fsp3) is 0.261. The number of rotatable bonds is 4. The Morgan fingerprint density at radius 3 is 2.55 bits per heavy atom. The Hall–Kier alpha value is -3.81. The summed E-state index contributed by atoms with van der Waals surface area (Å²) in [4.78, 5) is 15.0. The summed E-state index contributed by atoms with van der Waals surface area (Å²) in [6.07, 6.45) is 5.70. The van der Waals surface area contributed by atoms with E-state index < -0.39 is 0 Å². The number of carbonyl (C=O) groups is 1. The van der Waals surface area contributed by atoms with E-state index in [1.165, 1.54) is 18.2 Å². The third-order valence-electron chi connectivity index (χ3n) is 5.82. The van der Waals surface area contributed by atoms with E-state index in [-0.39, 0.29) is 5.91 Å². The lowest BCUT2D eigenvalue weighted by Gasteiger charge is -2.17. The average Bonchev–Trinajstić information content (AvgIpc) is 3.52. The van der Waals surface area contributed by atoms with Gasteiger partial charge in [0, 0.05) is 31.2 Å². The summed E-state index contributed by atoms with van der Waals surface area (Å²) in [5.74, 6) is 1.18. The van der Waals surface area contributed by atoms with Gasteiger partial charge in [-0.3, -0.25) is 9.48 Å². The molecule has 0 radical (unpaired) electrons. The van der Waals surface area contributed by atoms with Gasteiger partial charge in [0.2, 0.25) is 5.88 Å². The molecule has 1 aliphatic rings. The lowest BCUT2D eigenvalue weighted by atomic mass is 10.1. The molecule has 3 aromatic heterocycles. The van der Waals surface area contributed by atoms with Crippen LogP contribution in [0.3, 0.4) is 0 Å². The van der Waals surface area contributed by atoms with E-state index in [9.17, 15) is 4.79 Å². The minimum Gasteiger partial charge on any atom is -0.479 e. The average molecular weight is 416 g/mol. The third-order valence-corrected chi connectivity index (χ3v) is 5.82. The molecular weight excluding hydrogens is 392 g/mol. The first-order valence-corrected chi connectivity index (χ1v) is 10.1. The quantitative estimate of drug-likeness (QED) is 0.512. The second-order valence-corrected chi connectivity index (χ2v) is 7.91. The van der Waals surface area contributed by atoms with Crippen LogP contribution in [0.4, 0.5) is 0 Å². The highest BCUT2D eigenvalue weighted by atomic mass is 16.5. The van der Waals surface area contributed by atoms with Crippen LogP contribution in [-0.2, 0) is 20.1 Å². The fourth-order valence-corrected chi connectivity index (χ4v) is 4.06. The van der Waals surface area contributed by atoms with Crippen LogP contribution >= 0.6 is 0 Å². The molecule has 4 heterocycles. The number of amides is 1. The monoisotopic (exact) mass is 416 g/mol. The molecule has 8 nitrogen and oxygen atoms in total. The summed E-state index contributed by atoms with van der Waals surface area (Å²) >= 11 is 0. The van der Waals surface area contributed by atoms with E-state index in [2.05, 4.69) is 41.7 Å². The van der Waals surface area contributed by atoms with E-state index in [0.29, 0.717) is 24.5 Å². The maximum absolute atomic E-state index is 13.2. The Labute approximate surface area is 180 Å². The highest BCUT2D eigenvalue weighted by Gasteiger charge is 2.33. The zero-order chi connectivity index (χ0) is 21.7. The first-order valence-electron chi connectivity index (χ1n) is 10.1. The summed E-state index contributed by atoms with van der Waals surface area (Å²) in [6, 6.07) is 10.3. The Bertz CT molecular complexity index is 1280. The molecule has 0 atom stereocenters. The summed E-state index contributed by atoms with van der Waals surface area (Å²) in [7, 11) is 3.30. The predicted molar refractivity (Wildman–Crippen MR) is 116 cm³/mol. The molecule has 5 rings (SSSR count). The van der Waals surface area contributed by atoms with Crippen molar-refractivity contribution >= 4 is 5.91 Å². The minimum atomic E-state index is -0.112. The largest absolute Gasteiger partial charge is 0.479 e. The SMILES string of the molecule is COc1nn(C)cc1C(=O)N1Cc2nn(-c3ccc(C)c(C)c3)c(-n3cccc3)c2C1. The molecule has 8 heteroatoms. The maximum Gasteiger partial charge on any atom is 0.261 e. The van der Waals surface area contributed by atoms with E-state index in [1.807, 2.05) is 29.2 Å². The number of nitrogens with zero attached hydrogens (tertiary/aromatic N) is 6. The van der Waals surface area contributed by atoms with Crippen molar-refractivity contribution < 1.29 is 9.53 Å². The van der Waals surface area contributed by atoms with E-state index >= 15 is 0 Å². The number of aromatic nitrogens is 5. The Kier molecular flexibility index (Phi) is 4.43. The molecule has 0 saturated heterocycles. The van der Waals surface area contributed by atoms with Gasteiger partial charge in [-0.25, -0.2) is 4.68 Å². The van der Waals surface area contributed by atoms with E-state index in [1.54, 1.807) is 22.8 Å². The predicted octanol–water partition coefficient (Wildman–Crippen LogP) is 3.18. The summed E-state index contributed by atoms with van der Waals surface area (Å²) in [5, 5.41) is 9.12. The highest BCUT2D eigenvalue weighted by molar-refractivity contribution is 5.96. The van der Waals surface area contributed by atoms with Crippen molar-refractivity contribution in [1.82, 2.24) is 29.0 Å². The van der Waals surface area contributed by atoms with Gasteiger partial charge >= 0.3 is 0 Å². The Morgan fingerprint density at radius 2 is 1.84 bits per heavy atom. The van der Waals surface area contributed by atoms with Gasteiger partial charge in [0.25, 0.3) is 5.91 Å². The molecule has 0 bridgehead atoms. The van der Waals surface area contributed by atoms with Crippen molar-refractivity contribution in [2.75, 3.05) is 7.11 Å². The van der Waals surface area contributed by atoms with Gasteiger partial charge in [-0.15, -0.1) is 5.10 Å². The van der Waals surface area contributed by atoms with Crippen LogP contribution in [0.5, 0.6) is 5.88 Å². The molecule has 0 saturated carbocycles. The number of benzene rings is 1. The molecular formula is C23H24N6O2. The zero-order valence-corrected chi connectivity index (χ0v) is 18.0. The summed E-state index contributed by atoms with van der Waals surface area (Å²) in [6.45, 7) is 5.13. The Balaban J connectivity index is 1.55. The van der Waals surface area contributed by atoms with Crippen LogP contribution in [0.1, 0.15) is 32.7 Å². The van der Waals surface area contributed by atoms with Crippen molar-refractivity contribution in [3.8, 4) is 17.4 Å². The van der Waals surface area contributed by atoms with E-state index in [0.717, 1.165) is 22.8 Å². The topological polar surface area (TPSA) is 70.1 Å². The second kappa shape index (κ2) is 7.16. The smallest absolute Gasteiger partial charge is 0.261 e.